The van der Waals surface area contributed by atoms with Crippen molar-refractivity contribution in [2.75, 3.05) is 13.7 Å². The molecule has 1 aliphatic heterocycles. The maximum absolute atomic E-state index is 12.2. The van der Waals surface area contributed by atoms with E-state index in [1.54, 1.807) is 6.92 Å². The highest BCUT2D eigenvalue weighted by molar-refractivity contribution is 7.91. The van der Waals surface area contributed by atoms with Gasteiger partial charge in [0, 0.05) is 6.61 Å². The lowest BCUT2D eigenvalue weighted by atomic mass is 10.2. The highest BCUT2D eigenvalue weighted by atomic mass is 32.2. The molecule has 0 saturated carbocycles. The molecule has 19 heavy (non-hydrogen) atoms. The normalized spacial score (nSPS) is 23.5. The molecular weight excluding hydrogens is 292 g/mol. The van der Waals surface area contributed by atoms with Gasteiger partial charge in [0.1, 0.15) is 0 Å². The predicted molar refractivity (Wildman–Crippen MR) is 67.6 cm³/mol. The number of methoxy groups -OCH3 is 1. The van der Waals surface area contributed by atoms with Crippen LogP contribution >= 0.6 is 11.3 Å². The molecule has 9 heteroatoms. The SMILES string of the molecule is COC(=O)c1ncsc1S(=O)(=O)NC1CCOC1C. The molecule has 0 spiro atoms. The summed E-state index contributed by atoms with van der Waals surface area (Å²) >= 11 is 0.882. The molecule has 1 N–H and O–H groups in total. The van der Waals surface area contributed by atoms with E-state index in [0.29, 0.717) is 13.0 Å². The molecule has 2 atom stereocenters. The average Bonchev–Trinajstić information content (AvgIpc) is 2.98. The number of thiazole rings is 1. The standard InChI is InChI=1S/C10H14N2O5S2/c1-6-7(3-4-17-6)12-19(14,15)10-8(9(13)16-2)11-5-18-10/h5-7,12H,3-4H2,1-2H3. The van der Waals surface area contributed by atoms with Crippen molar-refractivity contribution < 1.29 is 22.7 Å². The van der Waals surface area contributed by atoms with Gasteiger partial charge < -0.3 is 9.47 Å². The summed E-state index contributed by atoms with van der Waals surface area (Å²) in [5.41, 5.74) is 1.11. The van der Waals surface area contributed by atoms with E-state index in [-0.39, 0.29) is 22.0 Å². The molecule has 106 valence electrons. The number of sulfonamides is 1. The summed E-state index contributed by atoms with van der Waals surface area (Å²) in [4.78, 5) is 15.2. The second-order valence-electron chi connectivity index (χ2n) is 4.07. The molecule has 1 aliphatic rings. The maximum Gasteiger partial charge on any atom is 0.358 e. The van der Waals surface area contributed by atoms with E-state index in [2.05, 4.69) is 14.4 Å². The molecule has 1 aromatic rings. The van der Waals surface area contributed by atoms with Crippen LogP contribution in [0.3, 0.4) is 0 Å². The number of nitrogens with one attached hydrogen (secondary N) is 1. The van der Waals surface area contributed by atoms with Crippen LogP contribution in [0.25, 0.3) is 0 Å². The quantitative estimate of drug-likeness (QED) is 0.808. The number of ether oxygens (including phenoxy) is 2. The molecule has 1 aromatic heterocycles. The van der Waals surface area contributed by atoms with E-state index in [1.165, 1.54) is 12.6 Å². The summed E-state index contributed by atoms with van der Waals surface area (Å²) in [5.74, 6) is -0.766. The van der Waals surface area contributed by atoms with Gasteiger partial charge in [0.05, 0.1) is 24.8 Å². The van der Waals surface area contributed by atoms with Crippen LogP contribution in [0.5, 0.6) is 0 Å². The Bertz CT molecular complexity index is 568. The molecule has 1 fully saturated rings. The second-order valence-corrected chi connectivity index (χ2v) is 6.84. The molecule has 2 heterocycles. The lowest BCUT2D eigenvalue weighted by molar-refractivity contribution is 0.0590. The number of carbonyl (C=O) groups excluding carboxylic acids is 1. The Balaban J connectivity index is 2.25. The Hall–Kier alpha value is -1.03. The minimum absolute atomic E-state index is 0.126. The summed E-state index contributed by atoms with van der Waals surface area (Å²) in [6.07, 6.45) is 0.413. The van der Waals surface area contributed by atoms with Crippen LogP contribution in [-0.4, -0.2) is 45.2 Å². The molecule has 0 aromatic carbocycles. The van der Waals surface area contributed by atoms with Gasteiger partial charge in [-0.25, -0.2) is 22.9 Å². The third-order valence-corrected chi connectivity index (χ3v) is 5.70. The van der Waals surface area contributed by atoms with Crippen LogP contribution in [0.1, 0.15) is 23.8 Å². The third-order valence-electron chi connectivity index (χ3n) is 2.84. The van der Waals surface area contributed by atoms with Gasteiger partial charge in [-0.3, -0.25) is 0 Å². The van der Waals surface area contributed by atoms with Gasteiger partial charge in [-0.1, -0.05) is 0 Å². The van der Waals surface area contributed by atoms with Gasteiger partial charge in [-0.15, -0.1) is 11.3 Å². The number of carbonyl (C=O) groups is 1. The van der Waals surface area contributed by atoms with Crippen molar-refractivity contribution in [2.24, 2.45) is 0 Å². The number of hydrogen-bond donors (Lipinski definition) is 1. The van der Waals surface area contributed by atoms with Crippen molar-refractivity contribution in [3.05, 3.63) is 11.2 Å². The predicted octanol–water partition coefficient (Wildman–Crippen LogP) is 0.385. The molecule has 2 rings (SSSR count). The Kier molecular flexibility index (Phi) is 4.19. The molecule has 0 bridgehead atoms. The summed E-state index contributed by atoms with van der Waals surface area (Å²) in [7, 11) is -2.61. The largest absolute Gasteiger partial charge is 0.464 e. The first-order valence-corrected chi connectivity index (χ1v) is 7.97. The van der Waals surface area contributed by atoms with Crippen LogP contribution in [0.15, 0.2) is 9.72 Å². The molecule has 2 unspecified atom stereocenters. The Labute approximate surface area is 115 Å². The van der Waals surface area contributed by atoms with Gasteiger partial charge in [0.2, 0.25) is 0 Å². The highest BCUT2D eigenvalue weighted by Gasteiger charge is 2.33. The number of esters is 1. The van der Waals surface area contributed by atoms with Crippen molar-refractivity contribution in [3.63, 3.8) is 0 Å². The van der Waals surface area contributed by atoms with E-state index in [4.69, 9.17) is 4.74 Å². The average molecular weight is 306 g/mol. The third kappa shape index (κ3) is 2.94. The van der Waals surface area contributed by atoms with E-state index in [1.807, 2.05) is 0 Å². The fourth-order valence-electron chi connectivity index (χ4n) is 1.80. The maximum atomic E-state index is 12.2. The molecular formula is C10H14N2O5S2. The first-order valence-electron chi connectivity index (χ1n) is 5.61. The molecule has 1 saturated heterocycles. The summed E-state index contributed by atoms with van der Waals surface area (Å²) < 4.78 is 36.7. The van der Waals surface area contributed by atoms with E-state index < -0.39 is 16.0 Å². The van der Waals surface area contributed by atoms with Crippen molar-refractivity contribution >= 4 is 27.3 Å². The van der Waals surface area contributed by atoms with Crippen molar-refractivity contribution in [3.8, 4) is 0 Å². The molecule has 0 amide bonds. The lowest BCUT2D eigenvalue weighted by Gasteiger charge is -2.15. The fourth-order valence-corrected chi connectivity index (χ4v) is 4.29. The van der Waals surface area contributed by atoms with E-state index >= 15 is 0 Å². The zero-order valence-corrected chi connectivity index (χ0v) is 12.1. The number of aromatic nitrogens is 1. The van der Waals surface area contributed by atoms with Gasteiger partial charge >= 0.3 is 5.97 Å². The zero-order valence-electron chi connectivity index (χ0n) is 10.5. The van der Waals surface area contributed by atoms with Gasteiger partial charge in [0.15, 0.2) is 9.90 Å². The summed E-state index contributed by atoms with van der Waals surface area (Å²) in [6, 6.07) is -0.294. The zero-order chi connectivity index (χ0) is 14.0. The number of nitrogens with zero attached hydrogens (tertiary/aromatic N) is 1. The van der Waals surface area contributed by atoms with Crippen molar-refractivity contribution in [1.29, 1.82) is 0 Å². The number of hydrogen-bond acceptors (Lipinski definition) is 7. The molecule has 7 nitrogen and oxygen atoms in total. The first-order chi connectivity index (χ1) is 8.95. The van der Waals surface area contributed by atoms with Crippen molar-refractivity contribution in [1.82, 2.24) is 9.71 Å². The molecule has 0 radical (unpaired) electrons. The minimum Gasteiger partial charge on any atom is -0.464 e. The van der Waals surface area contributed by atoms with Gasteiger partial charge in [0.25, 0.3) is 10.0 Å². The first kappa shape index (κ1) is 14.4. The Morgan fingerprint density at radius 2 is 2.37 bits per heavy atom. The summed E-state index contributed by atoms with van der Waals surface area (Å²) in [5, 5.41) is 0. The lowest BCUT2D eigenvalue weighted by Crippen LogP contribution is -2.39. The minimum atomic E-state index is -3.79. The fraction of sp³-hybridized carbons (Fsp3) is 0.600. The van der Waals surface area contributed by atoms with Crippen LogP contribution in [-0.2, 0) is 19.5 Å². The topological polar surface area (TPSA) is 94.6 Å². The van der Waals surface area contributed by atoms with Crippen molar-refractivity contribution in [2.45, 2.75) is 29.7 Å². The van der Waals surface area contributed by atoms with Gasteiger partial charge in [-0.2, -0.15) is 0 Å². The van der Waals surface area contributed by atoms with Crippen LogP contribution < -0.4 is 4.72 Å². The monoisotopic (exact) mass is 306 g/mol. The number of rotatable bonds is 4. The smallest absolute Gasteiger partial charge is 0.358 e. The second kappa shape index (κ2) is 5.53. The van der Waals surface area contributed by atoms with Crippen LogP contribution in [0, 0.1) is 0 Å². The van der Waals surface area contributed by atoms with Gasteiger partial charge in [-0.05, 0) is 13.3 Å². The Morgan fingerprint density at radius 1 is 1.63 bits per heavy atom. The highest BCUT2D eigenvalue weighted by Crippen LogP contribution is 2.23. The Morgan fingerprint density at radius 3 is 2.95 bits per heavy atom. The summed E-state index contributed by atoms with van der Waals surface area (Å²) in [6.45, 7) is 2.31. The van der Waals surface area contributed by atoms with Crippen LogP contribution in [0.2, 0.25) is 0 Å². The van der Waals surface area contributed by atoms with E-state index in [9.17, 15) is 13.2 Å². The molecule has 0 aliphatic carbocycles. The van der Waals surface area contributed by atoms with E-state index in [0.717, 1.165) is 11.3 Å². The van der Waals surface area contributed by atoms with Crippen LogP contribution in [0.4, 0.5) is 0 Å².